The molecule has 5 heteroatoms. The van der Waals surface area contributed by atoms with Crippen LogP contribution >= 0.6 is 11.3 Å². The Labute approximate surface area is 135 Å². The largest absolute Gasteiger partial charge is 0.273 e. The molecule has 116 valence electrons. The van der Waals surface area contributed by atoms with Crippen molar-refractivity contribution in [2.75, 3.05) is 0 Å². The summed E-state index contributed by atoms with van der Waals surface area (Å²) in [6, 6.07) is 8.26. The number of carbonyl (C=O) groups excluding carboxylic acids is 1. The first-order valence-corrected chi connectivity index (χ1v) is 8.18. The summed E-state index contributed by atoms with van der Waals surface area (Å²) < 4.78 is 0. The highest BCUT2D eigenvalue weighted by Gasteiger charge is 2.06. The number of hydrazone groups is 1. The normalized spacial score (nSPS) is 11.8. The SMILES string of the molecule is C/C(=N/NC(=O)Cc1nc(C)cs1)c1ccc(C(C)C)cc1. The number of aryl methyl sites for hydroxylation is 1. The lowest BCUT2D eigenvalue weighted by Gasteiger charge is -2.07. The van der Waals surface area contributed by atoms with Crippen LogP contribution < -0.4 is 5.43 Å². The van der Waals surface area contributed by atoms with Crippen LogP contribution in [0.4, 0.5) is 0 Å². The van der Waals surface area contributed by atoms with Gasteiger partial charge in [0.05, 0.1) is 12.1 Å². The molecule has 0 aliphatic carbocycles. The minimum atomic E-state index is -0.146. The fraction of sp³-hybridized carbons (Fsp3) is 0.353. The van der Waals surface area contributed by atoms with E-state index in [1.807, 2.05) is 31.4 Å². The second-order valence-electron chi connectivity index (χ2n) is 5.57. The quantitative estimate of drug-likeness (QED) is 0.676. The third-order valence-electron chi connectivity index (χ3n) is 3.32. The number of benzene rings is 1. The Morgan fingerprint density at radius 3 is 2.55 bits per heavy atom. The Hall–Kier alpha value is -2.01. The first-order chi connectivity index (χ1) is 10.5. The summed E-state index contributed by atoms with van der Waals surface area (Å²) in [5.41, 5.74) is 6.63. The Morgan fingerprint density at radius 1 is 1.32 bits per heavy atom. The molecule has 0 saturated carbocycles. The summed E-state index contributed by atoms with van der Waals surface area (Å²) in [6.07, 6.45) is 0.265. The average molecular weight is 315 g/mol. The molecule has 0 bridgehead atoms. The van der Waals surface area contributed by atoms with Gasteiger partial charge < -0.3 is 0 Å². The molecule has 1 amide bonds. The van der Waals surface area contributed by atoms with Gasteiger partial charge in [0, 0.05) is 11.1 Å². The molecule has 0 spiro atoms. The average Bonchev–Trinajstić information content (AvgIpc) is 2.90. The number of nitrogens with one attached hydrogen (secondary N) is 1. The van der Waals surface area contributed by atoms with Gasteiger partial charge in [0.15, 0.2) is 0 Å². The number of hydrogen-bond acceptors (Lipinski definition) is 4. The molecule has 0 fully saturated rings. The molecule has 0 unspecified atom stereocenters. The second kappa shape index (κ2) is 7.31. The Balaban J connectivity index is 1.95. The molecule has 4 nitrogen and oxygen atoms in total. The molecule has 1 aromatic heterocycles. The van der Waals surface area contributed by atoms with Crippen LogP contribution in [-0.2, 0) is 11.2 Å². The van der Waals surface area contributed by atoms with Gasteiger partial charge in [-0.3, -0.25) is 4.79 Å². The number of aromatic nitrogens is 1. The summed E-state index contributed by atoms with van der Waals surface area (Å²) in [6.45, 7) is 8.13. The highest BCUT2D eigenvalue weighted by Crippen LogP contribution is 2.15. The van der Waals surface area contributed by atoms with Crippen LogP contribution in [0.1, 0.15) is 48.5 Å². The van der Waals surface area contributed by atoms with E-state index in [1.165, 1.54) is 16.9 Å². The standard InChI is InChI=1S/C17H21N3OS/c1-11(2)14-5-7-15(8-6-14)13(4)19-20-16(21)9-17-18-12(3)10-22-17/h5-8,10-11H,9H2,1-4H3,(H,20,21)/b19-13-. The van der Waals surface area contributed by atoms with E-state index in [-0.39, 0.29) is 12.3 Å². The molecule has 0 atom stereocenters. The number of hydrogen-bond donors (Lipinski definition) is 1. The zero-order valence-electron chi connectivity index (χ0n) is 13.4. The smallest absolute Gasteiger partial charge is 0.246 e. The van der Waals surface area contributed by atoms with Gasteiger partial charge in [-0.05, 0) is 30.9 Å². The molecule has 1 aromatic carbocycles. The lowest BCUT2D eigenvalue weighted by molar-refractivity contribution is -0.120. The van der Waals surface area contributed by atoms with Crippen LogP contribution in [0.25, 0.3) is 0 Å². The van der Waals surface area contributed by atoms with Crippen molar-refractivity contribution in [1.29, 1.82) is 0 Å². The van der Waals surface area contributed by atoms with Gasteiger partial charge in [-0.15, -0.1) is 11.3 Å². The highest BCUT2D eigenvalue weighted by atomic mass is 32.1. The monoisotopic (exact) mass is 315 g/mol. The number of carbonyl (C=O) groups is 1. The predicted octanol–water partition coefficient (Wildman–Crippen LogP) is 3.66. The van der Waals surface area contributed by atoms with Crippen molar-refractivity contribution >= 4 is 23.0 Å². The first kappa shape index (κ1) is 16.4. The molecule has 0 radical (unpaired) electrons. The van der Waals surface area contributed by atoms with Gasteiger partial charge in [-0.1, -0.05) is 38.1 Å². The van der Waals surface area contributed by atoms with Crippen molar-refractivity contribution in [3.05, 3.63) is 51.5 Å². The molecule has 0 aliphatic rings. The van der Waals surface area contributed by atoms with Gasteiger partial charge in [0.2, 0.25) is 5.91 Å². The third-order valence-corrected chi connectivity index (χ3v) is 4.29. The maximum absolute atomic E-state index is 11.8. The number of amides is 1. The Bertz CT molecular complexity index is 671. The number of rotatable bonds is 5. The lowest BCUT2D eigenvalue weighted by Crippen LogP contribution is -2.21. The molecule has 22 heavy (non-hydrogen) atoms. The molecule has 2 rings (SSSR count). The van der Waals surface area contributed by atoms with Crippen molar-refractivity contribution in [1.82, 2.24) is 10.4 Å². The van der Waals surface area contributed by atoms with Crippen LogP contribution in [0.15, 0.2) is 34.7 Å². The van der Waals surface area contributed by atoms with Crippen molar-refractivity contribution in [2.45, 2.75) is 40.0 Å². The van der Waals surface area contributed by atoms with E-state index < -0.39 is 0 Å². The molecule has 2 aromatic rings. The Morgan fingerprint density at radius 2 is 2.00 bits per heavy atom. The minimum Gasteiger partial charge on any atom is -0.273 e. The van der Waals surface area contributed by atoms with E-state index in [0.29, 0.717) is 5.92 Å². The second-order valence-corrected chi connectivity index (χ2v) is 6.51. The minimum absolute atomic E-state index is 0.146. The van der Waals surface area contributed by atoms with Gasteiger partial charge in [-0.2, -0.15) is 5.10 Å². The molecule has 0 saturated heterocycles. The van der Waals surface area contributed by atoms with Gasteiger partial charge in [0.25, 0.3) is 0 Å². The van der Waals surface area contributed by atoms with Gasteiger partial charge in [-0.25, -0.2) is 10.4 Å². The molecule has 0 aliphatic heterocycles. The maximum atomic E-state index is 11.8. The summed E-state index contributed by atoms with van der Waals surface area (Å²) in [7, 11) is 0. The fourth-order valence-electron chi connectivity index (χ4n) is 1.98. The third kappa shape index (κ3) is 4.49. The molecular formula is C17H21N3OS. The zero-order chi connectivity index (χ0) is 16.1. The van der Waals surface area contributed by atoms with Crippen LogP contribution in [0, 0.1) is 6.92 Å². The van der Waals surface area contributed by atoms with Crippen LogP contribution in [0.5, 0.6) is 0 Å². The van der Waals surface area contributed by atoms with E-state index in [4.69, 9.17) is 0 Å². The maximum Gasteiger partial charge on any atom is 0.246 e. The molecular weight excluding hydrogens is 294 g/mol. The van der Waals surface area contributed by atoms with E-state index in [0.717, 1.165) is 22.0 Å². The Kier molecular flexibility index (Phi) is 5.44. The lowest BCUT2D eigenvalue weighted by atomic mass is 10.0. The molecule has 1 heterocycles. The van der Waals surface area contributed by atoms with Crippen LogP contribution in [0.2, 0.25) is 0 Å². The van der Waals surface area contributed by atoms with E-state index in [1.54, 1.807) is 0 Å². The highest BCUT2D eigenvalue weighted by molar-refractivity contribution is 7.09. The topological polar surface area (TPSA) is 54.4 Å². The van der Waals surface area contributed by atoms with E-state index in [2.05, 4.69) is 41.5 Å². The van der Waals surface area contributed by atoms with Gasteiger partial charge >= 0.3 is 0 Å². The zero-order valence-corrected chi connectivity index (χ0v) is 14.2. The summed E-state index contributed by atoms with van der Waals surface area (Å²) in [5.74, 6) is 0.361. The van der Waals surface area contributed by atoms with Crippen LogP contribution in [-0.4, -0.2) is 16.6 Å². The van der Waals surface area contributed by atoms with E-state index in [9.17, 15) is 4.79 Å². The van der Waals surface area contributed by atoms with Crippen molar-refractivity contribution in [3.8, 4) is 0 Å². The number of nitrogens with zero attached hydrogens (tertiary/aromatic N) is 2. The summed E-state index contributed by atoms with van der Waals surface area (Å²) in [5, 5.41) is 6.91. The van der Waals surface area contributed by atoms with Crippen LogP contribution in [0.3, 0.4) is 0 Å². The number of thiazole rings is 1. The van der Waals surface area contributed by atoms with Crippen molar-refractivity contribution < 1.29 is 4.79 Å². The summed E-state index contributed by atoms with van der Waals surface area (Å²) in [4.78, 5) is 16.1. The van der Waals surface area contributed by atoms with Gasteiger partial charge in [0.1, 0.15) is 5.01 Å². The summed E-state index contributed by atoms with van der Waals surface area (Å²) >= 11 is 1.49. The predicted molar refractivity (Wildman–Crippen MR) is 91.4 cm³/mol. The first-order valence-electron chi connectivity index (χ1n) is 7.30. The van der Waals surface area contributed by atoms with Crippen molar-refractivity contribution in [2.24, 2.45) is 5.10 Å². The van der Waals surface area contributed by atoms with E-state index >= 15 is 0 Å². The molecule has 1 N–H and O–H groups in total. The fourth-order valence-corrected chi connectivity index (χ4v) is 2.75. The van der Waals surface area contributed by atoms with Crippen molar-refractivity contribution in [3.63, 3.8) is 0 Å².